The molecule has 0 amide bonds. The first-order chi connectivity index (χ1) is 10.1. The van der Waals surface area contributed by atoms with Crippen LogP contribution in [-0.4, -0.2) is 14.5 Å². The van der Waals surface area contributed by atoms with E-state index >= 15 is 0 Å². The fourth-order valence-corrected chi connectivity index (χ4v) is 2.01. The second-order valence-electron chi connectivity index (χ2n) is 4.56. The number of non-ortho nitro benzene ring substituents is 1. The molecule has 0 bridgehead atoms. The molecule has 0 aliphatic rings. The quantitative estimate of drug-likeness (QED) is 0.454. The number of aromatic nitrogens is 2. The molecular formula is C15H12N4O2. The lowest BCUT2D eigenvalue weighted by Crippen LogP contribution is -1.90. The van der Waals surface area contributed by atoms with Crippen LogP contribution in [0.1, 0.15) is 0 Å². The normalized spacial score (nSPS) is 10.5. The Morgan fingerprint density at radius 3 is 2.33 bits per heavy atom. The van der Waals surface area contributed by atoms with Gasteiger partial charge in [0, 0.05) is 35.3 Å². The van der Waals surface area contributed by atoms with E-state index in [1.165, 1.54) is 12.1 Å². The third-order valence-electron chi connectivity index (χ3n) is 3.15. The molecule has 0 atom stereocenters. The SMILES string of the molecule is Nc1ccc(-n2cnc(-c3ccc([N+](=O)[O-])cc3)c2)cc1. The van der Waals surface area contributed by atoms with Crippen molar-refractivity contribution in [2.75, 3.05) is 5.73 Å². The molecule has 2 N–H and O–H groups in total. The lowest BCUT2D eigenvalue weighted by atomic mass is 10.1. The zero-order chi connectivity index (χ0) is 14.8. The van der Waals surface area contributed by atoms with Crippen LogP contribution in [0, 0.1) is 10.1 Å². The molecule has 0 saturated heterocycles. The Labute approximate surface area is 120 Å². The van der Waals surface area contributed by atoms with Crippen LogP contribution in [0.5, 0.6) is 0 Å². The van der Waals surface area contributed by atoms with Crippen molar-refractivity contribution in [2.45, 2.75) is 0 Å². The van der Waals surface area contributed by atoms with Gasteiger partial charge in [-0.15, -0.1) is 0 Å². The molecule has 0 unspecified atom stereocenters. The van der Waals surface area contributed by atoms with Gasteiger partial charge in [0.1, 0.15) is 0 Å². The number of benzene rings is 2. The lowest BCUT2D eigenvalue weighted by molar-refractivity contribution is -0.384. The van der Waals surface area contributed by atoms with Crippen molar-refractivity contribution in [3.8, 4) is 16.9 Å². The Balaban J connectivity index is 1.90. The minimum atomic E-state index is -0.420. The Hall–Kier alpha value is -3.15. The Kier molecular flexibility index (Phi) is 3.12. The van der Waals surface area contributed by atoms with Gasteiger partial charge >= 0.3 is 0 Å². The van der Waals surface area contributed by atoms with E-state index in [9.17, 15) is 10.1 Å². The lowest BCUT2D eigenvalue weighted by Gasteiger charge is -2.01. The maximum atomic E-state index is 10.6. The van der Waals surface area contributed by atoms with Crippen LogP contribution in [0.4, 0.5) is 11.4 Å². The maximum absolute atomic E-state index is 10.6. The van der Waals surface area contributed by atoms with Crippen molar-refractivity contribution in [2.24, 2.45) is 0 Å². The molecule has 104 valence electrons. The number of nitrogens with two attached hydrogens (primary N) is 1. The van der Waals surface area contributed by atoms with Crippen molar-refractivity contribution in [3.63, 3.8) is 0 Å². The summed E-state index contributed by atoms with van der Waals surface area (Å²) in [5, 5.41) is 10.6. The molecule has 1 heterocycles. The summed E-state index contributed by atoms with van der Waals surface area (Å²) in [4.78, 5) is 14.5. The second kappa shape index (κ2) is 5.09. The number of hydrogen-bond donors (Lipinski definition) is 1. The zero-order valence-corrected chi connectivity index (χ0v) is 11.0. The molecule has 0 aliphatic heterocycles. The number of nitro benzene ring substituents is 1. The van der Waals surface area contributed by atoms with E-state index in [4.69, 9.17) is 5.73 Å². The van der Waals surface area contributed by atoms with Crippen LogP contribution in [0.25, 0.3) is 16.9 Å². The fraction of sp³-hybridized carbons (Fsp3) is 0. The van der Waals surface area contributed by atoms with E-state index in [1.54, 1.807) is 18.5 Å². The van der Waals surface area contributed by atoms with Crippen molar-refractivity contribution >= 4 is 11.4 Å². The highest BCUT2D eigenvalue weighted by Crippen LogP contribution is 2.22. The van der Waals surface area contributed by atoms with Gasteiger partial charge in [0.05, 0.1) is 16.9 Å². The topological polar surface area (TPSA) is 87.0 Å². The number of nitrogens with zero attached hydrogens (tertiary/aromatic N) is 3. The summed E-state index contributed by atoms with van der Waals surface area (Å²) in [7, 11) is 0. The van der Waals surface area contributed by atoms with Crippen LogP contribution in [0.15, 0.2) is 61.1 Å². The highest BCUT2D eigenvalue weighted by molar-refractivity contribution is 5.61. The number of imidazole rings is 1. The molecule has 0 saturated carbocycles. The predicted octanol–water partition coefficient (Wildman–Crippen LogP) is 3.03. The fourth-order valence-electron chi connectivity index (χ4n) is 2.01. The third kappa shape index (κ3) is 2.59. The molecular weight excluding hydrogens is 268 g/mol. The molecule has 2 aromatic carbocycles. The average molecular weight is 280 g/mol. The van der Waals surface area contributed by atoms with E-state index in [1.807, 2.05) is 35.0 Å². The van der Waals surface area contributed by atoms with E-state index in [-0.39, 0.29) is 5.69 Å². The summed E-state index contributed by atoms with van der Waals surface area (Å²) < 4.78 is 1.87. The molecule has 6 heteroatoms. The van der Waals surface area contributed by atoms with Crippen LogP contribution < -0.4 is 5.73 Å². The van der Waals surface area contributed by atoms with Gasteiger partial charge in [0.25, 0.3) is 5.69 Å². The Morgan fingerprint density at radius 2 is 1.71 bits per heavy atom. The van der Waals surface area contributed by atoms with E-state index in [0.29, 0.717) is 5.69 Å². The molecule has 1 aromatic heterocycles. The summed E-state index contributed by atoms with van der Waals surface area (Å²) in [5.74, 6) is 0. The van der Waals surface area contributed by atoms with Gasteiger partial charge in [0.15, 0.2) is 0 Å². The summed E-state index contributed by atoms with van der Waals surface area (Å²) >= 11 is 0. The van der Waals surface area contributed by atoms with Gasteiger partial charge in [-0.05, 0) is 36.4 Å². The van der Waals surface area contributed by atoms with Gasteiger partial charge in [-0.1, -0.05) is 0 Å². The largest absolute Gasteiger partial charge is 0.399 e. The number of hydrogen-bond acceptors (Lipinski definition) is 4. The molecule has 0 spiro atoms. The van der Waals surface area contributed by atoms with Gasteiger partial charge in [-0.2, -0.15) is 0 Å². The van der Waals surface area contributed by atoms with Crippen molar-refractivity contribution in [1.29, 1.82) is 0 Å². The van der Waals surface area contributed by atoms with Crippen LogP contribution >= 0.6 is 0 Å². The molecule has 0 aliphatic carbocycles. The Bertz CT molecular complexity index is 776. The van der Waals surface area contributed by atoms with E-state index in [0.717, 1.165) is 16.9 Å². The van der Waals surface area contributed by atoms with Gasteiger partial charge < -0.3 is 10.3 Å². The first-order valence-electron chi connectivity index (χ1n) is 6.28. The maximum Gasteiger partial charge on any atom is 0.269 e. The Morgan fingerprint density at radius 1 is 1.05 bits per heavy atom. The van der Waals surface area contributed by atoms with Crippen molar-refractivity contribution < 1.29 is 4.92 Å². The van der Waals surface area contributed by atoms with Gasteiger partial charge in [0.2, 0.25) is 0 Å². The molecule has 0 radical (unpaired) electrons. The monoisotopic (exact) mass is 280 g/mol. The van der Waals surface area contributed by atoms with Crippen molar-refractivity contribution in [3.05, 3.63) is 71.2 Å². The molecule has 3 aromatic rings. The van der Waals surface area contributed by atoms with Crippen LogP contribution in [-0.2, 0) is 0 Å². The smallest absolute Gasteiger partial charge is 0.269 e. The first-order valence-corrected chi connectivity index (χ1v) is 6.28. The van der Waals surface area contributed by atoms with Gasteiger partial charge in [-0.25, -0.2) is 4.98 Å². The summed E-state index contributed by atoms with van der Waals surface area (Å²) in [6.45, 7) is 0. The average Bonchev–Trinajstić information content (AvgIpc) is 2.98. The van der Waals surface area contributed by atoms with Crippen LogP contribution in [0.3, 0.4) is 0 Å². The summed E-state index contributed by atoms with van der Waals surface area (Å²) in [5.41, 5.74) is 8.96. The van der Waals surface area contributed by atoms with E-state index in [2.05, 4.69) is 4.98 Å². The van der Waals surface area contributed by atoms with E-state index < -0.39 is 4.92 Å². The zero-order valence-electron chi connectivity index (χ0n) is 11.0. The van der Waals surface area contributed by atoms with Crippen LogP contribution in [0.2, 0.25) is 0 Å². The highest BCUT2D eigenvalue weighted by atomic mass is 16.6. The highest BCUT2D eigenvalue weighted by Gasteiger charge is 2.07. The summed E-state index contributed by atoms with van der Waals surface area (Å²) in [6.07, 6.45) is 3.56. The number of nitrogen functional groups attached to an aromatic ring is 1. The minimum absolute atomic E-state index is 0.0664. The third-order valence-corrected chi connectivity index (χ3v) is 3.15. The molecule has 3 rings (SSSR count). The standard InChI is InChI=1S/C15H12N4O2/c16-12-3-7-13(8-4-12)18-9-15(17-10-18)11-1-5-14(6-2-11)19(20)21/h1-10H,16H2. The predicted molar refractivity (Wildman–Crippen MR) is 80.1 cm³/mol. The van der Waals surface area contributed by atoms with Crippen molar-refractivity contribution in [1.82, 2.24) is 9.55 Å². The molecule has 0 fully saturated rings. The molecule has 6 nitrogen and oxygen atoms in total. The second-order valence-corrected chi connectivity index (χ2v) is 4.56. The van der Waals surface area contributed by atoms with Gasteiger partial charge in [-0.3, -0.25) is 10.1 Å². The number of anilines is 1. The number of nitro groups is 1. The number of rotatable bonds is 3. The first kappa shape index (κ1) is 12.9. The molecule has 21 heavy (non-hydrogen) atoms. The minimum Gasteiger partial charge on any atom is -0.399 e. The summed E-state index contributed by atoms with van der Waals surface area (Å²) in [6, 6.07) is 13.8.